The molecule has 224 valence electrons. The molecule has 42 heavy (non-hydrogen) atoms. The van der Waals surface area contributed by atoms with Gasteiger partial charge in [-0.3, -0.25) is 9.36 Å². The molecule has 0 aliphatic carbocycles. The Morgan fingerprint density at radius 3 is 2.45 bits per heavy atom. The summed E-state index contributed by atoms with van der Waals surface area (Å²) in [7, 11) is -10.8. The molecule has 2 aliphatic rings. The van der Waals surface area contributed by atoms with Crippen molar-refractivity contribution in [3.63, 3.8) is 0 Å². The van der Waals surface area contributed by atoms with Crippen LogP contribution in [0.25, 0.3) is 0 Å². The van der Waals surface area contributed by atoms with Crippen LogP contribution in [0.15, 0.2) is 36.4 Å². The van der Waals surface area contributed by atoms with Gasteiger partial charge >= 0.3 is 32.7 Å². The van der Waals surface area contributed by atoms with Crippen molar-refractivity contribution in [1.82, 2.24) is 19.8 Å². The van der Waals surface area contributed by atoms with Crippen molar-refractivity contribution in [3.8, 4) is 5.75 Å². The lowest BCUT2D eigenvalue weighted by molar-refractivity contribution is -0.123. The van der Waals surface area contributed by atoms with Gasteiger partial charge in [-0.2, -0.15) is 0 Å². The number of carboxylic acid groups (broad SMARTS) is 1. The number of nitrogens with zero attached hydrogens (tertiary/aromatic N) is 2. The van der Waals surface area contributed by atoms with Crippen LogP contribution in [0.1, 0.15) is 27.5 Å². The summed E-state index contributed by atoms with van der Waals surface area (Å²) in [6, 6.07) is 2.09. The molecule has 2 aromatic carbocycles. The van der Waals surface area contributed by atoms with Gasteiger partial charge in [0.2, 0.25) is 15.9 Å². The van der Waals surface area contributed by atoms with Crippen molar-refractivity contribution in [1.29, 1.82) is 0 Å². The molecule has 6 N–H and O–H groups in total. The smallest absolute Gasteiger partial charge is 0.534 e. The summed E-state index contributed by atoms with van der Waals surface area (Å²) in [6.45, 7) is -0.744. The molecule has 0 unspecified atom stereocenters. The number of halogens is 1. The number of hydrogen-bond donors (Lipinski definition) is 6. The first-order chi connectivity index (χ1) is 19.5. The molecule has 1 fully saturated rings. The van der Waals surface area contributed by atoms with Gasteiger partial charge in [-0.25, -0.2) is 36.4 Å². The highest BCUT2D eigenvalue weighted by atomic mass is 32.2. The quantitative estimate of drug-likeness (QED) is 0.158. The Hall–Kier alpha value is -4.03. The number of imide groups is 1. The number of benzene rings is 2. The van der Waals surface area contributed by atoms with E-state index in [9.17, 15) is 56.5 Å². The lowest BCUT2D eigenvalue weighted by Crippen LogP contribution is -2.56. The Morgan fingerprint density at radius 1 is 1.19 bits per heavy atom. The van der Waals surface area contributed by atoms with Gasteiger partial charge in [0.15, 0.2) is 0 Å². The second kappa shape index (κ2) is 11.3. The summed E-state index contributed by atoms with van der Waals surface area (Å²) in [4.78, 5) is 69.6. The van der Waals surface area contributed by atoms with Crippen molar-refractivity contribution >= 4 is 54.0 Å². The maximum atomic E-state index is 14.7. The predicted octanol–water partition coefficient (Wildman–Crippen LogP) is -1.09. The Morgan fingerprint density at radius 2 is 1.88 bits per heavy atom. The molecule has 20 heteroatoms. The monoisotopic (exact) mass is 628 g/mol. The highest BCUT2D eigenvalue weighted by Gasteiger charge is 2.42. The van der Waals surface area contributed by atoms with Crippen molar-refractivity contribution in [2.24, 2.45) is 0 Å². The van der Waals surface area contributed by atoms with Crippen molar-refractivity contribution in [3.05, 3.63) is 58.9 Å². The number of sulfonamides is 1. The van der Waals surface area contributed by atoms with E-state index in [1.165, 1.54) is 18.2 Å². The number of amides is 5. The maximum Gasteiger partial charge on any atom is 0.547 e. The minimum Gasteiger partial charge on any atom is -0.534 e. The predicted molar refractivity (Wildman–Crippen MR) is 141 cm³/mol. The molecular formula is C22H23BFN4O12PS. The van der Waals surface area contributed by atoms with Gasteiger partial charge in [0.25, 0.3) is 0 Å². The van der Waals surface area contributed by atoms with E-state index in [-0.39, 0.29) is 36.4 Å². The van der Waals surface area contributed by atoms with Crippen molar-refractivity contribution in [2.45, 2.75) is 18.4 Å². The van der Waals surface area contributed by atoms with E-state index in [0.717, 1.165) is 12.3 Å². The fourth-order valence-electron chi connectivity index (χ4n) is 4.44. The Balaban J connectivity index is 1.63. The number of para-hydroxylation sites is 1. The number of rotatable bonds is 7. The van der Waals surface area contributed by atoms with Crippen LogP contribution < -0.4 is 20.6 Å². The lowest BCUT2D eigenvalue weighted by atomic mass is 9.72. The van der Waals surface area contributed by atoms with Crippen molar-refractivity contribution < 1.29 is 61.1 Å². The Kier molecular flexibility index (Phi) is 8.35. The molecule has 2 aromatic rings. The zero-order chi connectivity index (χ0) is 31.1. The van der Waals surface area contributed by atoms with E-state index in [0.29, 0.717) is 26.9 Å². The summed E-state index contributed by atoms with van der Waals surface area (Å²) in [5.41, 5.74) is -0.255. The molecular weight excluding hydrogens is 605 g/mol. The topological polar surface area (TPSA) is 240 Å². The van der Waals surface area contributed by atoms with Gasteiger partial charge in [-0.15, -0.1) is 0 Å². The van der Waals surface area contributed by atoms with Crippen LogP contribution in [0.3, 0.4) is 0 Å². The third-order valence-corrected chi connectivity index (χ3v) is 8.57. The average molecular weight is 628 g/mol. The summed E-state index contributed by atoms with van der Waals surface area (Å²) in [5, 5.41) is 23.5. The second-order valence-corrected chi connectivity index (χ2v) is 12.8. The third-order valence-electron chi connectivity index (χ3n) is 6.44. The Bertz CT molecular complexity index is 1640. The van der Waals surface area contributed by atoms with Gasteiger partial charge < -0.3 is 35.2 Å². The van der Waals surface area contributed by atoms with E-state index in [1.807, 2.05) is 0 Å². The summed E-state index contributed by atoms with van der Waals surface area (Å²) >= 11 is 0. The lowest BCUT2D eigenvalue weighted by Gasteiger charge is -2.30. The van der Waals surface area contributed by atoms with E-state index in [2.05, 4.69) is 10.6 Å². The highest BCUT2D eigenvalue weighted by molar-refractivity contribution is 7.88. The van der Waals surface area contributed by atoms with E-state index in [4.69, 9.17) is 4.65 Å². The van der Waals surface area contributed by atoms with Crippen LogP contribution in [0.5, 0.6) is 5.75 Å². The number of nitrogens with one attached hydrogen (secondary N) is 2. The average Bonchev–Trinajstić information content (AvgIpc) is 3.28. The SMILES string of the molecule is CS(=O)(=O)N1CCN(C(=O)N[C@@H](C(=O)N[C@H]2Cc3cccc(C(=O)O)c3OB2O)c2ccc(P(=O)(O)O)c(F)c2)C1=O. The molecule has 0 bridgehead atoms. The fraction of sp³-hybridized carbons (Fsp3) is 0.273. The molecule has 0 aromatic heterocycles. The molecule has 16 nitrogen and oxygen atoms in total. The first kappa shape index (κ1) is 30.9. The Labute approximate surface area is 237 Å². The van der Waals surface area contributed by atoms with Gasteiger partial charge in [0, 0.05) is 0 Å². The molecule has 0 saturated carbocycles. The largest absolute Gasteiger partial charge is 0.547 e. The van der Waals surface area contributed by atoms with E-state index < -0.39 is 71.8 Å². The number of fused-ring (bicyclic) bond motifs is 1. The van der Waals surface area contributed by atoms with E-state index >= 15 is 0 Å². The number of carboxylic acids is 1. The minimum absolute atomic E-state index is 0.120. The molecule has 1 saturated heterocycles. The summed E-state index contributed by atoms with van der Waals surface area (Å²) < 4.78 is 55.6. The molecule has 5 amide bonds. The number of urea groups is 2. The van der Waals surface area contributed by atoms with Crippen LogP contribution in [0, 0.1) is 5.82 Å². The van der Waals surface area contributed by atoms with Gasteiger partial charge in [0.1, 0.15) is 17.6 Å². The first-order valence-electron chi connectivity index (χ1n) is 11.9. The molecule has 2 atom stereocenters. The zero-order valence-corrected chi connectivity index (χ0v) is 23.2. The van der Waals surface area contributed by atoms with Crippen LogP contribution in [0.2, 0.25) is 0 Å². The number of carbonyl (C=O) groups excluding carboxylic acids is 3. The van der Waals surface area contributed by atoms with Gasteiger partial charge in [-0.05, 0) is 35.7 Å². The molecule has 2 heterocycles. The van der Waals surface area contributed by atoms with Gasteiger partial charge in [-0.1, -0.05) is 18.2 Å². The number of aromatic carboxylic acids is 1. The number of hydrogen-bond acceptors (Lipinski definition) is 9. The molecule has 4 rings (SSSR count). The van der Waals surface area contributed by atoms with Crippen LogP contribution in [-0.4, -0.2) is 93.9 Å². The minimum atomic E-state index is -5.05. The summed E-state index contributed by atoms with van der Waals surface area (Å²) in [6.07, 6.45) is 0.618. The number of carbonyl (C=O) groups is 4. The second-order valence-electron chi connectivity index (χ2n) is 9.33. The molecule has 0 spiro atoms. The van der Waals surface area contributed by atoms with Crippen LogP contribution >= 0.6 is 7.60 Å². The zero-order valence-electron chi connectivity index (χ0n) is 21.5. The standard InChI is InChI=1S/C22H23BFN4O12PS/c1-42(38,39)28-8-7-27(22(28)33)21(32)26-17(11-5-6-15(14(24)9-11)41(35,36)37)19(29)25-16-10-12-3-2-4-13(20(30)31)18(12)40-23(16)34/h2-6,9,16-17,34H,7-8,10H2,1H3,(H,25,29)(H,26,32)(H,30,31)(H2,35,36,37)/t16-,17+/m0/s1. The maximum absolute atomic E-state index is 14.7. The fourth-order valence-corrected chi connectivity index (χ4v) is 5.84. The molecule has 0 radical (unpaired) electrons. The van der Waals surface area contributed by atoms with Crippen LogP contribution in [-0.2, 0) is 25.8 Å². The van der Waals surface area contributed by atoms with Gasteiger partial charge in [0.05, 0.1) is 36.2 Å². The third kappa shape index (κ3) is 6.24. The van der Waals surface area contributed by atoms with Crippen LogP contribution in [0.4, 0.5) is 14.0 Å². The normalized spacial score (nSPS) is 17.8. The molecule has 2 aliphatic heterocycles. The van der Waals surface area contributed by atoms with E-state index in [1.54, 1.807) is 0 Å². The van der Waals surface area contributed by atoms with Crippen molar-refractivity contribution in [2.75, 3.05) is 19.3 Å². The first-order valence-corrected chi connectivity index (χ1v) is 15.4. The highest BCUT2D eigenvalue weighted by Crippen LogP contribution is 2.35. The summed E-state index contributed by atoms with van der Waals surface area (Å²) in [5.74, 6) is -5.17.